The molecule has 0 saturated heterocycles. The molecule has 6 nitrogen and oxygen atoms in total. The van der Waals surface area contributed by atoms with E-state index < -0.39 is 5.82 Å². The van der Waals surface area contributed by atoms with Crippen molar-refractivity contribution in [1.82, 2.24) is 25.3 Å². The van der Waals surface area contributed by atoms with Crippen LogP contribution in [0.2, 0.25) is 10.0 Å². The number of carbonyl (C=O) groups excluding carboxylic acids is 1. The molecule has 146 valence electrons. The molecular formula is C20H14Cl2FN5O. The standard InChI is InChI=1S/C20H14Cl2FN5O/c1-10(16-9-24-5-6-25-16)26-20(29)11-7-13(22)18-15(8-11)27-19(28-18)17-12(21)3-2-4-14(17)23/h2-10H,1H3,(H,26,29)(H,27,28). The Kier molecular flexibility index (Phi) is 5.17. The van der Waals surface area contributed by atoms with E-state index in [0.717, 1.165) is 0 Å². The normalized spacial score (nSPS) is 12.1. The average molecular weight is 430 g/mol. The lowest BCUT2D eigenvalue weighted by Gasteiger charge is -2.13. The Balaban J connectivity index is 1.68. The number of H-pyrrole nitrogens is 1. The van der Waals surface area contributed by atoms with Gasteiger partial charge in [0.25, 0.3) is 5.91 Å². The molecule has 0 fully saturated rings. The summed E-state index contributed by atoms with van der Waals surface area (Å²) in [4.78, 5) is 28.2. The number of fused-ring (bicyclic) bond motifs is 1. The van der Waals surface area contributed by atoms with Crippen LogP contribution in [-0.4, -0.2) is 25.8 Å². The molecule has 1 atom stereocenters. The second kappa shape index (κ2) is 7.77. The van der Waals surface area contributed by atoms with Crippen LogP contribution in [0.5, 0.6) is 0 Å². The second-order valence-electron chi connectivity index (χ2n) is 6.36. The predicted octanol–water partition coefficient (Wildman–Crippen LogP) is 4.96. The van der Waals surface area contributed by atoms with Crippen molar-refractivity contribution in [2.45, 2.75) is 13.0 Å². The average Bonchev–Trinajstić information content (AvgIpc) is 3.12. The first kappa shape index (κ1) is 19.3. The van der Waals surface area contributed by atoms with Crippen LogP contribution in [0, 0.1) is 5.82 Å². The van der Waals surface area contributed by atoms with Gasteiger partial charge in [-0.25, -0.2) is 9.37 Å². The number of nitrogens with one attached hydrogen (secondary N) is 2. The Hall–Kier alpha value is -3.03. The summed E-state index contributed by atoms with van der Waals surface area (Å²) in [6, 6.07) is 7.14. The molecule has 4 aromatic rings. The van der Waals surface area contributed by atoms with Gasteiger partial charge in [-0.05, 0) is 31.2 Å². The van der Waals surface area contributed by atoms with E-state index in [1.165, 1.54) is 18.2 Å². The van der Waals surface area contributed by atoms with E-state index in [0.29, 0.717) is 22.3 Å². The summed E-state index contributed by atoms with van der Waals surface area (Å²) in [6.45, 7) is 1.80. The maximum atomic E-state index is 14.2. The van der Waals surface area contributed by atoms with Gasteiger partial charge in [0, 0.05) is 18.0 Å². The molecule has 0 bridgehead atoms. The fourth-order valence-corrected chi connectivity index (χ4v) is 3.45. The Labute approximate surface area is 175 Å². The quantitative estimate of drug-likeness (QED) is 0.480. The van der Waals surface area contributed by atoms with E-state index in [1.54, 1.807) is 37.6 Å². The second-order valence-corrected chi connectivity index (χ2v) is 7.18. The van der Waals surface area contributed by atoms with Crippen molar-refractivity contribution in [3.8, 4) is 11.4 Å². The summed E-state index contributed by atoms with van der Waals surface area (Å²) < 4.78 is 14.2. The molecule has 9 heteroatoms. The molecule has 1 amide bonds. The smallest absolute Gasteiger partial charge is 0.251 e. The van der Waals surface area contributed by atoms with E-state index in [-0.39, 0.29) is 33.4 Å². The number of rotatable bonds is 4. The molecule has 0 aliphatic heterocycles. The number of hydrogen-bond donors (Lipinski definition) is 2. The molecule has 1 unspecified atom stereocenters. The van der Waals surface area contributed by atoms with Gasteiger partial charge < -0.3 is 10.3 Å². The number of imidazole rings is 1. The Bertz CT molecular complexity index is 1190. The molecule has 2 heterocycles. The largest absolute Gasteiger partial charge is 0.344 e. The number of carbonyl (C=O) groups is 1. The van der Waals surface area contributed by atoms with Gasteiger partial charge in [-0.2, -0.15) is 0 Å². The number of nitrogens with zero attached hydrogens (tertiary/aromatic N) is 3. The zero-order valence-corrected chi connectivity index (χ0v) is 16.6. The highest BCUT2D eigenvalue weighted by Crippen LogP contribution is 2.32. The Morgan fingerprint density at radius 2 is 2.03 bits per heavy atom. The molecule has 0 radical (unpaired) electrons. The lowest BCUT2D eigenvalue weighted by atomic mass is 10.1. The number of amides is 1. The first-order valence-electron chi connectivity index (χ1n) is 8.64. The van der Waals surface area contributed by atoms with Crippen molar-refractivity contribution >= 4 is 40.1 Å². The Morgan fingerprint density at radius 3 is 2.76 bits per heavy atom. The van der Waals surface area contributed by atoms with Crippen molar-refractivity contribution in [3.05, 3.63) is 76.0 Å². The van der Waals surface area contributed by atoms with E-state index >= 15 is 0 Å². The lowest BCUT2D eigenvalue weighted by molar-refractivity contribution is 0.0939. The Morgan fingerprint density at radius 1 is 1.21 bits per heavy atom. The van der Waals surface area contributed by atoms with Crippen LogP contribution < -0.4 is 5.32 Å². The third-order valence-corrected chi connectivity index (χ3v) is 4.98. The minimum absolute atomic E-state index is 0.142. The van der Waals surface area contributed by atoms with E-state index in [2.05, 4.69) is 25.3 Å². The molecule has 0 aliphatic rings. The minimum Gasteiger partial charge on any atom is -0.344 e. The summed E-state index contributed by atoms with van der Waals surface area (Å²) in [5.41, 5.74) is 2.01. The van der Waals surface area contributed by atoms with Crippen molar-refractivity contribution in [1.29, 1.82) is 0 Å². The van der Waals surface area contributed by atoms with Gasteiger partial charge in [-0.3, -0.25) is 14.8 Å². The fraction of sp³-hybridized carbons (Fsp3) is 0.100. The third-order valence-electron chi connectivity index (χ3n) is 4.38. The first-order chi connectivity index (χ1) is 13.9. The van der Waals surface area contributed by atoms with Crippen molar-refractivity contribution in [3.63, 3.8) is 0 Å². The van der Waals surface area contributed by atoms with Crippen molar-refractivity contribution in [2.24, 2.45) is 0 Å². The minimum atomic E-state index is -0.511. The number of hydrogen-bond acceptors (Lipinski definition) is 4. The first-order valence-corrected chi connectivity index (χ1v) is 9.40. The highest BCUT2D eigenvalue weighted by Gasteiger charge is 2.18. The zero-order chi connectivity index (χ0) is 20.5. The summed E-state index contributed by atoms with van der Waals surface area (Å²) in [5, 5.41) is 3.32. The van der Waals surface area contributed by atoms with Crippen LogP contribution in [0.4, 0.5) is 4.39 Å². The fourth-order valence-electron chi connectivity index (χ4n) is 2.94. The predicted molar refractivity (Wildman–Crippen MR) is 109 cm³/mol. The zero-order valence-electron chi connectivity index (χ0n) is 15.1. The molecule has 2 N–H and O–H groups in total. The van der Waals surface area contributed by atoms with E-state index in [1.807, 2.05) is 0 Å². The SMILES string of the molecule is CC(NC(=O)c1cc(Cl)c2nc(-c3c(F)cccc3Cl)[nH]c2c1)c1cnccn1. The molecule has 0 spiro atoms. The summed E-state index contributed by atoms with van der Waals surface area (Å²) in [6.07, 6.45) is 4.70. The topological polar surface area (TPSA) is 83.6 Å². The van der Waals surface area contributed by atoms with Gasteiger partial charge in [0.05, 0.1) is 39.1 Å². The summed E-state index contributed by atoms with van der Waals surface area (Å²) in [7, 11) is 0. The number of benzene rings is 2. The van der Waals surface area contributed by atoms with Crippen LogP contribution in [0.3, 0.4) is 0 Å². The van der Waals surface area contributed by atoms with Crippen LogP contribution in [0.1, 0.15) is 29.0 Å². The van der Waals surface area contributed by atoms with Gasteiger partial charge in [0.2, 0.25) is 0 Å². The van der Waals surface area contributed by atoms with E-state index in [9.17, 15) is 9.18 Å². The number of aromatic amines is 1. The van der Waals surface area contributed by atoms with Crippen LogP contribution in [0.25, 0.3) is 22.4 Å². The maximum absolute atomic E-state index is 14.2. The molecular weight excluding hydrogens is 416 g/mol. The lowest BCUT2D eigenvalue weighted by Crippen LogP contribution is -2.27. The highest BCUT2D eigenvalue weighted by atomic mass is 35.5. The number of aromatic nitrogens is 4. The summed E-state index contributed by atoms with van der Waals surface area (Å²) in [5.74, 6) is -0.619. The van der Waals surface area contributed by atoms with Crippen molar-refractivity contribution in [2.75, 3.05) is 0 Å². The molecule has 2 aromatic heterocycles. The van der Waals surface area contributed by atoms with Gasteiger partial charge in [-0.1, -0.05) is 29.3 Å². The van der Waals surface area contributed by atoms with Gasteiger partial charge in [0.15, 0.2) is 0 Å². The van der Waals surface area contributed by atoms with Crippen LogP contribution >= 0.6 is 23.2 Å². The summed E-state index contributed by atoms with van der Waals surface area (Å²) >= 11 is 12.4. The van der Waals surface area contributed by atoms with Gasteiger partial charge in [0.1, 0.15) is 17.2 Å². The van der Waals surface area contributed by atoms with Gasteiger partial charge in [-0.15, -0.1) is 0 Å². The van der Waals surface area contributed by atoms with Crippen molar-refractivity contribution < 1.29 is 9.18 Å². The van der Waals surface area contributed by atoms with Crippen LogP contribution in [0.15, 0.2) is 48.9 Å². The monoisotopic (exact) mass is 429 g/mol. The van der Waals surface area contributed by atoms with E-state index in [4.69, 9.17) is 23.2 Å². The molecule has 0 aliphatic carbocycles. The molecule has 2 aromatic carbocycles. The van der Waals surface area contributed by atoms with Crippen LogP contribution in [-0.2, 0) is 0 Å². The number of halogens is 3. The maximum Gasteiger partial charge on any atom is 0.251 e. The molecule has 0 saturated carbocycles. The third kappa shape index (κ3) is 3.79. The molecule has 29 heavy (non-hydrogen) atoms. The highest BCUT2D eigenvalue weighted by molar-refractivity contribution is 6.35. The molecule has 4 rings (SSSR count). The van der Waals surface area contributed by atoms with Gasteiger partial charge >= 0.3 is 0 Å².